The molecule has 2 heteroatoms. The lowest BCUT2D eigenvalue weighted by molar-refractivity contribution is 1.14. The molecule has 0 spiro atoms. The second-order valence-corrected chi connectivity index (χ2v) is 1.77. The van der Waals surface area contributed by atoms with Crippen molar-refractivity contribution in [1.29, 1.82) is 0 Å². The number of hydrogen-bond donors (Lipinski definition) is 0. The van der Waals surface area contributed by atoms with Gasteiger partial charge in [0.15, 0.2) is 0 Å². The molecule has 1 aromatic heterocycles. The smallest absolute Gasteiger partial charge is 0.116 e. The highest BCUT2D eigenvalue weighted by molar-refractivity contribution is 5.58. The predicted octanol–water partition coefficient (Wildman–Crippen LogP) is 3.82. The van der Waals surface area contributed by atoms with Crippen molar-refractivity contribution in [2.24, 2.45) is 0 Å². The molecule has 0 aliphatic heterocycles. The highest BCUT2D eigenvalue weighted by atomic mass is 14.8. The number of hydrogen-bond acceptors (Lipinski definition) is 2. The van der Waals surface area contributed by atoms with Crippen LogP contribution in [0, 0.1) is 0 Å². The average molecular weight is 192 g/mol. The summed E-state index contributed by atoms with van der Waals surface area (Å²) in [6.45, 7) is 15.2. The van der Waals surface area contributed by atoms with Gasteiger partial charge in [0.25, 0.3) is 0 Å². The van der Waals surface area contributed by atoms with Crippen LogP contribution in [0.15, 0.2) is 25.7 Å². The van der Waals surface area contributed by atoms with E-state index in [1.54, 1.807) is 18.3 Å². The van der Waals surface area contributed by atoms with Crippen LogP contribution in [0.3, 0.4) is 0 Å². The van der Waals surface area contributed by atoms with Gasteiger partial charge in [0.2, 0.25) is 0 Å². The Morgan fingerprint density at radius 3 is 2.00 bits per heavy atom. The second-order valence-electron chi connectivity index (χ2n) is 1.77. The first-order chi connectivity index (χ1) is 6.88. The van der Waals surface area contributed by atoms with Crippen LogP contribution >= 0.6 is 0 Å². The molecule has 0 aliphatic carbocycles. The van der Waals surface area contributed by atoms with E-state index in [1.807, 2.05) is 27.7 Å². The first kappa shape index (κ1) is 15.1. The minimum Gasteiger partial charge on any atom is -0.244 e. The molecule has 0 radical (unpaired) electrons. The summed E-state index contributed by atoms with van der Waals surface area (Å²) >= 11 is 0. The topological polar surface area (TPSA) is 25.8 Å². The van der Waals surface area contributed by atoms with E-state index in [0.29, 0.717) is 0 Å². The Balaban J connectivity index is 0. The van der Waals surface area contributed by atoms with Gasteiger partial charge in [-0.3, -0.25) is 0 Å². The molecule has 1 heterocycles. The van der Waals surface area contributed by atoms with Gasteiger partial charge in [0.05, 0.1) is 5.69 Å². The first-order valence-electron chi connectivity index (χ1n) is 4.93. The summed E-state index contributed by atoms with van der Waals surface area (Å²) in [5.41, 5.74) is 1.74. The van der Waals surface area contributed by atoms with Crippen molar-refractivity contribution in [1.82, 2.24) is 9.97 Å². The number of rotatable bonds is 2. The van der Waals surface area contributed by atoms with Crippen LogP contribution < -0.4 is 0 Å². The van der Waals surface area contributed by atoms with Gasteiger partial charge in [-0.1, -0.05) is 46.9 Å². The lowest BCUT2D eigenvalue weighted by atomic mass is 10.2. The highest BCUT2D eigenvalue weighted by Crippen LogP contribution is 2.04. The standard InChI is InChI=1S/C8H8N2.2C2H6/c1-3-7-5-9-6-10-8(7)4-2;2*1-2/h3-6H,1-2H2;2*1-2H3. The van der Waals surface area contributed by atoms with Gasteiger partial charge in [0, 0.05) is 11.8 Å². The van der Waals surface area contributed by atoms with Gasteiger partial charge in [-0.25, -0.2) is 9.97 Å². The van der Waals surface area contributed by atoms with Crippen molar-refractivity contribution in [2.75, 3.05) is 0 Å². The summed E-state index contributed by atoms with van der Waals surface area (Å²) in [5.74, 6) is 0. The molecule has 0 fully saturated rings. The third-order valence-electron chi connectivity index (χ3n) is 1.19. The van der Waals surface area contributed by atoms with E-state index in [-0.39, 0.29) is 0 Å². The fourth-order valence-electron chi connectivity index (χ4n) is 0.678. The monoisotopic (exact) mass is 192 g/mol. The van der Waals surface area contributed by atoms with Gasteiger partial charge in [-0.2, -0.15) is 0 Å². The van der Waals surface area contributed by atoms with Gasteiger partial charge in [0.1, 0.15) is 6.33 Å². The Morgan fingerprint density at radius 2 is 1.64 bits per heavy atom. The zero-order chi connectivity index (χ0) is 11.4. The molecular weight excluding hydrogens is 172 g/mol. The molecule has 0 amide bonds. The molecule has 0 N–H and O–H groups in total. The minimum absolute atomic E-state index is 0.824. The molecular formula is C12H20N2. The fraction of sp³-hybridized carbons (Fsp3) is 0.333. The largest absolute Gasteiger partial charge is 0.244 e. The molecule has 78 valence electrons. The average Bonchev–Trinajstić information content (AvgIpc) is 2.34. The molecule has 0 aliphatic rings. The van der Waals surface area contributed by atoms with Crippen LogP contribution in [0.1, 0.15) is 39.0 Å². The Morgan fingerprint density at radius 1 is 1.07 bits per heavy atom. The Kier molecular flexibility index (Phi) is 12.4. The Hall–Kier alpha value is -1.44. The minimum atomic E-state index is 0.824. The van der Waals surface area contributed by atoms with E-state index in [0.717, 1.165) is 11.3 Å². The predicted molar refractivity (Wildman–Crippen MR) is 64.9 cm³/mol. The van der Waals surface area contributed by atoms with Crippen LogP contribution in [0.4, 0.5) is 0 Å². The molecule has 0 bridgehead atoms. The lowest BCUT2D eigenvalue weighted by Gasteiger charge is -1.94. The summed E-state index contributed by atoms with van der Waals surface area (Å²) in [4.78, 5) is 7.80. The highest BCUT2D eigenvalue weighted by Gasteiger charge is 1.92. The van der Waals surface area contributed by atoms with Crippen molar-refractivity contribution < 1.29 is 0 Å². The van der Waals surface area contributed by atoms with Crippen LogP contribution in [0.2, 0.25) is 0 Å². The number of aromatic nitrogens is 2. The molecule has 2 nitrogen and oxygen atoms in total. The third kappa shape index (κ3) is 5.25. The van der Waals surface area contributed by atoms with E-state index in [2.05, 4.69) is 23.1 Å². The van der Waals surface area contributed by atoms with Gasteiger partial charge < -0.3 is 0 Å². The van der Waals surface area contributed by atoms with Crippen molar-refractivity contribution in [3.8, 4) is 0 Å². The molecule has 0 aromatic carbocycles. The SMILES string of the molecule is C=Cc1cncnc1C=C.CC.CC. The van der Waals surface area contributed by atoms with Crippen molar-refractivity contribution in [3.05, 3.63) is 36.9 Å². The van der Waals surface area contributed by atoms with E-state index in [4.69, 9.17) is 0 Å². The first-order valence-corrected chi connectivity index (χ1v) is 4.93. The van der Waals surface area contributed by atoms with Gasteiger partial charge >= 0.3 is 0 Å². The van der Waals surface area contributed by atoms with E-state index in [1.165, 1.54) is 6.33 Å². The van der Waals surface area contributed by atoms with Crippen LogP contribution in [-0.4, -0.2) is 9.97 Å². The zero-order valence-electron chi connectivity index (χ0n) is 9.62. The van der Waals surface area contributed by atoms with E-state index >= 15 is 0 Å². The maximum atomic E-state index is 3.97. The Labute approximate surface area is 87.4 Å². The number of nitrogens with zero attached hydrogens (tertiary/aromatic N) is 2. The maximum absolute atomic E-state index is 3.97. The zero-order valence-corrected chi connectivity index (χ0v) is 9.62. The molecule has 1 aromatic rings. The Bertz CT molecular complexity index is 227. The fourth-order valence-corrected chi connectivity index (χ4v) is 0.678. The molecule has 0 saturated heterocycles. The third-order valence-corrected chi connectivity index (χ3v) is 1.19. The van der Waals surface area contributed by atoms with E-state index in [9.17, 15) is 0 Å². The lowest BCUT2D eigenvalue weighted by Crippen LogP contribution is -1.86. The molecule has 0 saturated carbocycles. The van der Waals surface area contributed by atoms with Gasteiger partial charge in [-0.15, -0.1) is 0 Å². The molecule has 0 unspecified atom stereocenters. The van der Waals surface area contributed by atoms with Crippen molar-refractivity contribution >= 4 is 12.2 Å². The summed E-state index contributed by atoms with van der Waals surface area (Å²) in [7, 11) is 0. The van der Waals surface area contributed by atoms with Crippen LogP contribution in [0.5, 0.6) is 0 Å². The maximum Gasteiger partial charge on any atom is 0.116 e. The normalized spacial score (nSPS) is 7.14. The van der Waals surface area contributed by atoms with Gasteiger partial charge in [-0.05, 0) is 6.08 Å². The summed E-state index contributed by atoms with van der Waals surface area (Å²) in [5, 5.41) is 0. The molecule has 0 atom stereocenters. The van der Waals surface area contributed by atoms with Crippen LogP contribution in [-0.2, 0) is 0 Å². The summed E-state index contributed by atoms with van der Waals surface area (Å²) in [6.07, 6.45) is 6.58. The summed E-state index contributed by atoms with van der Waals surface area (Å²) < 4.78 is 0. The molecule has 14 heavy (non-hydrogen) atoms. The van der Waals surface area contributed by atoms with Crippen LogP contribution in [0.25, 0.3) is 12.2 Å². The van der Waals surface area contributed by atoms with Crippen molar-refractivity contribution in [3.63, 3.8) is 0 Å². The van der Waals surface area contributed by atoms with E-state index < -0.39 is 0 Å². The second kappa shape index (κ2) is 11.6. The molecule has 1 rings (SSSR count). The van der Waals surface area contributed by atoms with Crippen molar-refractivity contribution in [2.45, 2.75) is 27.7 Å². The summed E-state index contributed by atoms with van der Waals surface area (Å²) in [6, 6.07) is 0. The quantitative estimate of drug-likeness (QED) is 0.712.